The van der Waals surface area contributed by atoms with Crippen LogP contribution in [0, 0.1) is 5.92 Å². The maximum atomic E-state index is 14.7. The number of rotatable bonds is 23. The lowest BCUT2D eigenvalue weighted by atomic mass is 9.96. The molecule has 3 saturated heterocycles. The molecule has 8 amide bonds. The number of aromatic nitrogens is 2. The molecule has 14 unspecified atom stereocenters. The lowest BCUT2D eigenvalue weighted by molar-refractivity contribution is -0.433. The number of fused-ring (bicyclic) bond motifs is 2. The summed E-state index contributed by atoms with van der Waals surface area (Å²) in [7, 11) is 0. The van der Waals surface area contributed by atoms with E-state index in [0.29, 0.717) is 17.7 Å². The van der Waals surface area contributed by atoms with E-state index in [9.17, 15) is 79.2 Å². The number of carbonyl (C=O) groups is 8. The van der Waals surface area contributed by atoms with E-state index in [4.69, 9.17) is 24.3 Å². The average Bonchev–Trinajstić information content (AvgIpc) is 1.59. The van der Waals surface area contributed by atoms with Crippen molar-refractivity contribution in [3.63, 3.8) is 0 Å². The number of ether oxygens (including phenoxy) is 1. The summed E-state index contributed by atoms with van der Waals surface area (Å²) in [5, 5.41) is 122. The SMILES string of the molecule is CCCCCCCOc1ccc(-c2ccc(-c3nnc(-c4ccc(C(=O)NC5CC(O)CNC(=O)C6C(O)C(C)CN6C(=O)C(C(O)CC(N)=O)NC(=O)C(C(O)C(O)c6ccc(O)c(OSOOO)c6)NC(=O)C6CC(O)CN6C(=O)C(C(C)O)NC5=O)cc4)o3)cc2)cc1. The first-order valence-corrected chi connectivity index (χ1v) is 31.6. The van der Waals surface area contributed by atoms with Crippen molar-refractivity contribution in [3.8, 4) is 51.3 Å². The molecule has 0 bridgehead atoms. The van der Waals surface area contributed by atoms with E-state index < -0.39 is 183 Å². The molecule has 32 nitrogen and oxygen atoms in total. The van der Waals surface area contributed by atoms with Crippen LogP contribution < -0.4 is 41.2 Å². The second-order valence-corrected chi connectivity index (χ2v) is 24.1. The Bertz CT molecular complexity index is 3510. The van der Waals surface area contributed by atoms with Crippen molar-refractivity contribution in [2.45, 2.75) is 151 Å². The summed E-state index contributed by atoms with van der Waals surface area (Å²) < 4.78 is 21.1. The van der Waals surface area contributed by atoms with E-state index in [1.54, 1.807) is 0 Å². The zero-order valence-corrected chi connectivity index (χ0v) is 53.2. The molecule has 8 rings (SSSR count). The number of aromatic hydroxyl groups is 1. The van der Waals surface area contributed by atoms with Gasteiger partial charge in [-0.25, -0.2) is 5.26 Å². The van der Waals surface area contributed by atoms with Gasteiger partial charge in [0, 0.05) is 55.1 Å². The Morgan fingerprint density at radius 1 is 0.729 bits per heavy atom. The number of aliphatic hydroxyl groups excluding tert-OH is 7. The molecule has 33 heteroatoms. The Hall–Kier alpha value is -8.87. The van der Waals surface area contributed by atoms with Crippen LogP contribution >= 0.6 is 12.3 Å². The van der Waals surface area contributed by atoms with E-state index in [0.717, 1.165) is 64.6 Å². The first-order chi connectivity index (χ1) is 45.9. The second kappa shape index (κ2) is 33.7. The first kappa shape index (κ1) is 72.9. The largest absolute Gasteiger partial charge is 0.504 e. The number of nitrogens with zero attached hydrogens (tertiary/aromatic N) is 4. The normalized spacial score (nSPS) is 24.4. The molecule has 14 atom stereocenters. The Balaban J connectivity index is 1.05. The van der Waals surface area contributed by atoms with Gasteiger partial charge in [-0.05, 0) is 90.7 Å². The highest BCUT2D eigenvalue weighted by Crippen LogP contribution is 2.35. The number of nitrogens with one attached hydrogen (secondary N) is 5. The van der Waals surface area contributed by atoms with Gasteiger partial charge in [0.05, 0.1) is 43.5 Å². The molecule has 5 aromatic rings. The molecule has 3 aliphatic rings. The molecule has 0 radical (unpaired) electrons. The van der Waals surface area contributed by atoms with Crippen molar-refractivity contribution in [2.75, 3.05) is 26.2 Å². The number of carbonyl (C=O) groups excluding carboxylic acids is 8. The Morgan fingerprint density at radius 3 is 1.97 bits per heavy atom. The predicted octanol–water partition coefficient (Wildman–Crippen LogP) is -0.197. The topological polar surface area (TPSA) is 487 Å². The third-order valence-corrected chi connectivity index (χ3v) is 17.0. The summed E-state index contributed by atoms with van der Waals surface area (Å²) in [5.41, 5.74) is 7.88. The first-order valence-electron chi connectivity index (χ1n) is 30.9. The maximum absolute atomic E-state index is 14.7. The van der Waals surface area contributed by atoms with E-state index in [1.165, 1.54) is 50.5 Å². The van der Waals surface area contributed by atoms with Crippen LogP contribution in [-0.2, 0) is 42.9 Å². The second-order valence-electron chi connectivity index (χ2n) is 23.7. The fourth-order valence-corrected chi connectivity index (χ4v) is 11.6. The van der Waals surface area contributed by atoms with Crippen molar-refractivity contribution in [3.05, 3.63) is 102 Å². The molecule has 3 aliphatic heterocycles. The summed E-state index contributed by atoms with van der Waals surface area (Å²) in [4.78, 5) is 115. The van der Waals surface area contributed by atoms with Crippen molar-refractivity contribution in [2.24, 2.45) is 11.7 Å². The summed E-state index contributed by atoms with van der Waals surface area (Å²) in [6.45, 7) is 3.47. The van der Waals surface area contributed by atoms with Crippen molar-refractivity contribution in [1.29, 1.82) is 0 Å². The maximum Gasteiger partial charge on any atom is 0.261 e. The standard InChI is InChI=1S/C63H78N10O22S/c1-4-5-6-7-8-23-91-41-20-17-34(18-21-41)33-9-13-36(14-10-33)60-70-71-61(92-60)37-15-11-35(12-16-37)55(83)66-42-25-39(75)28-65-59(87)51-52(80)31(2)29-73(51)63(89)49(45(78)27-47(64)79)68-58(86)50(54(82)53(81)38-19-22-44(77)46(24-38)93-96-95-94-90)69-57(85)43-26-40(76)30-72(43)62(88)48(32(3)74)67-56(42)84/h9-22,24,31-32,39-40,42-43,45,48-54,74-78,80-82,90H,4-8,23,25-30H2,1-3H3,(H2,64,79)(H,65,87)(H,66,83)(H,67,84)(H,68,86)(H,69,85). The minimum absolute atomic E-state index is 0.0263. The van der Waals surface area contributed by atoms with E-state index >= 15 is 0 Å². The predicted molar refractivity (Wildman–Crippen MR) is 336 cm³/mol. The van der Waals surface area contributed by atoms with Crippen molar-refractivity contribution in [1.82, 2.24) is 46.6 Å². The number of benzene rings is 4. The summed E-state index contributed by atoms with van der Waals surface area (Å²) >= 11 is -0.0263. The molecule has 1 aromatic heterocycles. The number of nitrogens with two attached hydrogens (primary N) is 1. The van der Waals surface area contributed by atoms with E-state index in [2.05, 4.69) is 53.1 Å². The van der Waals surface area contributed by atoms with Crippen LogP contribution in [0.5, 0.6) is 17.2 Å². The third kappa shape index (κ3) is 18.4. The zero-order chi connectivity index (χ0) is 69.5. The molecule has 96 heavy (non-hydrogen) atoms. The molecule has 16 N–H and O–H groups in total. The monoisotopic (exact) mass is 1360 g/mol. The van der Waals surface area contributed by atoms with Gasteiger partial charge in [0.1, 0.15) is 54.2 Å². The van der Waals surface area contributed by atoms with Gasteiger partial charge >= 0.3 is 0 Å². The van der Waals surface area contributed by atoms with Crippen LogP contribution in [0.25, 0.3) is 34.0 Å². The number of primary amides is 1. The number of phenols is 1. The molecular weight excluding hydrogens is 1280 g/mol. The van der Waals surface area contributed by atoms with Crippen LogP contribution in [0.4, 0.5) is 0 Å². The molecule has 0 saturated carbocycles. The van der Waals surface area contributed by atoms with Crippen LogP contribution in [0.15, 0.2) is 95.4 Å². The third-order valence-electron chi connectivity index (χ3n) is 16.6. The lowest BCUT2D eigenvalue weighted by Crippen LogP contribution is -2.64. The van der Waals surface area contributed by atoms with E-state index in [-0.39, 0.29) is 35.2 Å². The summed E-state index contributed by atoms with van der Waals surface area (Å²) in [6.07, 6.45) is -10.6. The van der Waals surface area contributed by atoms with Crippen molar-refractivity contribution >= 4 is 59.6 Å². The van der Waals surface area contributed by atoms with Gasteiger partial charge in [-0.1, -0.05) is 79.2 Å². The zero-order valence-electron chi connectivity index (χ0n) is 52.3. The quantitative estimate of drug-likeness (QED) is 0.0174. The highest BCUT2D eigenvalue weighted by atomic mass is 32.2. The van der Waals surface area contributed by atoms with Gasteiger partial charge < -0.3 is 96.3 Å². The number of aliphatic hydroxyl groups is 7. The van der Waals surface area contributed by atoms with Gasteiger partial charge in [-0.3, -0.25) is 38.4 Å². The van der Waals surface area contributed by atoms with Crippen LogP contribution in [0.3, 0.4) is 0 Å². The smallest absolute Gasteiger partial charge is 0.261 e. The lowest BCUT2D eigenvalue weighted by Gasteiger charge is -2.34. The van der Waals surface area contributed by atoms with Crippen LogP contribution in [-0.4, -0.2) is 212 Å². The number of hydrogen-bond donors (Lipinski definition) is 15. The highest BCUT2D eigenvalue weighted by Gasteiger charge is 2.50. The van der Waals surface area contributed by atoms with E-state index in [1.807, 2.05) is 48.5 Å². The molecule has 518 valence electrons. The van der Waals surface area contributed by atoms with Gasteiger partial charge in [0.25, 0.3) is 18.2 Å². The van der Waals surface area contributed by atoms with Gasteiger partial charge in [0.2, 0.25) is 53.1 Å². The Kier molecular flexibility index (Phi) is 25.6. The Labute approximate surface area is 553 Å². The van der Waals surface area contributed by atoms with Crippen molar-refractivity contribution < 1.29 is 107 Å². The van der Waals surface area contributed by atoms with Crippen LogP contribution in [0.2, 0.25) is 0 Å². The van der Waals surface area contributed by atoms with Crippen LogP contribution in [0.1, 0.15) is 94.2 Å². The highest BCUT2D eigenvalue weighted by molar-refractivity contribution is 7.90. The minimum Gasteiger partial charge on any atom is -0.504 e. The molecule has 3 fully saturated rings. The number of β-amino-alcohol motifs (C(OH)–C–C–N with tert-alkyl or cyclic N) is 1. The van der Waals surface area contributed by atoms with Gasteiger partial charge in [-0.2, -0.15) is 0 Å². The molecule has 0 aliphatic carbocycles. The average molecular weight is 1360 g/mol. The molecule has 4 heterocycles. The summed E-state index contributed by atoms with van der Waals surface area (Å²) in [5.74, 6) is -11.0. The fourth-order valence-electron chi connectivity index (χ4n) is 11.3. The number of unbranched alkanes of at least 4 members (excludes halogenated alkanes) is 4. The number of amides is 8. The molecule has 0 spiro atoms. The van der Waals surface area contributed by atoms with Gasteiger partial charge in [-0.15, -0.1) is 10.2 Å². The Morgan fingerprint density at radius 2 is 1.33 bits per heavy atom. The number of phenolic OH excluding ortho intramolecular Hbond substituents is 1. The fraction of sp³-hybridized carbons (Fsp3) is 0.460. The number of hydrogen-bond acceptors (Lipinski definition) is 25. The molecular formula is C63H78N10O22S. The minimum atomic E-state index is -2.54. The summed E-state index contributed by atoms with van der Waals surface area (Å²) in [6, 6.07) is 11.5. The van der Waals surface area contributed by atoms with Gasteiger partial charge in [0.15, 0.2) is 11.5 Å². The molecule has 4 aromatic carbocycles.